The summed E-state index contributed by atoms with van der Waals surface area (Å²) in [5.74, 6) is 0. The van der Waals surface area contributed by atoms with Crippen molar-refractivity contribution in [1.29, 1.82) is 0 Å². The molecule has 0 heterocycles. The Labute approximate surface area is 145 Å². The summed E-state index contributed by atoms with van der Waals surface area (Å²) in [5.41, 5.74) is 4.43. The first-order valence-corrected chi connectivity index (χ1v) is 9.13. The van der Waals surface area contributed by atoms with E-state index in [0.717, 1.165) is 0 Å². The molecule has 2 aliphatic carbocycles. The van der Waals surface area contributed by atoms with Crippen LogP contribution < -0.4 is 0 Å². The van der Waals surface area contributed by atoms with Gasteiger partial charge in [0.05, 0.1) is 0 Å². The van der Waals surface area contributed by atoms with Gasteiger partial charge in [0.15, 0.2) is 0 Å². The molecule has 2 aliphatic rings. The van der Waals surface area contributed by atoms with E-state index in [1.165, 1.54) is 24.0 Å². The summed E-state index contributed by atoms with van der Waals surface area (Å²) in [6.45, 7) is 4.53. The van der Waals surface area contributed by atoms with Crippen LogP contribution in [0.1, 0.15) is 36.5 Å². The number of aryl methyl sites for hydroxylation is 1. The molecular weight excluding hydrogens is 366 g/mol. The van der Waals surface area contributed by atoms with E-state index in [-0.39, 0.29) is 24.8 Å². The first-order valence-electron chi connectivity index (χ1n) is 6.68. The van der Waals surface area contributed by atoms with Gasteiger partial charge in [0, 0.05) is 0 Å². The van der Waals surface area contributed by atoms with Crippen molar-refractivity contribution in [2.24, 2.45) is 0 Å². The second-order valence-electron chi connectivity index (χ2n) is 5.20. The minimum atomic E-state index is -0.570. The Morgan fingerprint density at radius 2 is 2.05 bits per heavy atom. The number of hydrogen-bond donors (Lipinski definition) is 0. The maximum absolute atomic E-state index is 2.50. The zero-order chi connectivity index (χ0) is 12.6. The molecule has 3 heteroatoms. The Bertz CT molecular complexity index is 572. The van der Waals surface area contributed by atoms with E-state index in [4.69, 9.17) is 0 Å². The van der Waals surface area contributed by atoms with E-state index in [1.807, 2.05) is 0 Å². The van der Waals surface area contributed by atoms with Gasteiger partial charge in [0.25, 0.3) is 0 Å². The molecule has 0 N–H and O–H groups in total. The van der Waals surface area contributed by atoms with Crippen molar-refractivity contribution in [2.75, 3.05) is 0 Å². The molecule has 20 heavy (non-hydrogen) atoms. The molecule has 0 nitrogen and oxygen atoms in total. The van der Waals surface area contributed by atoms with Crippen LogP contribution in [0.15, 0.2) is 45.8 Å². The quantitative estimate of drug-likeness (QED) is 0.653. The first kappa shape index (κ1) is 18.0. The standard InChI is InChI=1S/C12H13.C5H5.2ClH.Zr/c1-3-10-5-6-11-8-9(2)4-7-12(10)11;1-2-4-5-3-1;;;/h4-8H,3H2,1-2H3;1-3H,4H2;2*1H;. The molecule has 0 aromatic heterocycles. The summed E-state index contributed by atoms with van der Waals surface area (Å²) < 4.78 is 2.14. The zero-order valence-corrected chi connectivity index (χ0v) is 15.9. The molecule has 106 valence electrons. The van der Waals surface area contributed by atoms with Gasteiger partial charge in [-0.1, -0.05) is 0 Å². The van der Waals surface area contributed by atoms with Gasteiger partial charge in [-0.15, -0.1) is 24.8 Å². The summed E-state index contributed by atoms with van der Waals surface area (Å²) in [5, 5.41) is 0. The van der Waals surface area contributed by atoms with Gasteiger partial charge in [-0.25, -0.2) is 0 Å². The number of rotatable bonds is 3. The molecule has 0 saturated heterocycles. The van der Waals surface area contributed by atoms with Gasteiger partial charge in [-0.05, 0) is 0 Å². The van der Waals surface area contributed by atoms with Crippen molar-refractivity contribution in [3.8, 4) is 0 Å². The monoisotopic (exact) mass is 384 g/mol. The predicted octanol–water partition coefficient (Wildman–Crippen LogP) is 5.40. The minimum Gasteiger partial charge on any atom is -0.147 e. The summed E-state index contributed by atoms with van der Waals surface area (Å²) in [4.78, 5) is 0. The van der Waals surface area contributed by atoms with Crippen LogP contribution in [0.2, 0.25) is 0 Å². The zero-order valence-electron chi connectivity index (χ0n) is 11.8. The van der Waals surface area contributed by atoms with Crippen LogP contribution in [-0.4, -0.2) is 0 Å². The fraction of sp³-hybridized carbons (Fsp3) is 0.294. The van der Waals surface area contributed by atoms with Crippen LogP contribution in [0.4, 0.5) is 0 Å². The number of halogens is 2. The van der Waals surface area contributed by atoms with Crippen molar-refractivity contribution >= 4 is 30.9 Å². The van der Waals surface area contributed by atoms with E-state index >= 15 is 0 Å². The van der Waals surface area contributed by atoms with E-state index in [1.54, 1.807) is 8.84 Å². The molecule has 0 saturated carbocycles. The largest absolute Gasteiger partial charge is 0.147 e. The molecule has 1 atom stereocenters. The van der Waals surface area contributed by atoms with Crippen LogP contribution >= 0.6 is 24.8 Å². The van der Waals surface area contributed by atoms with E-state index < -0.39 is 23.2 Å². The Morgan fingerprint density at radius 3 is 2.70 bits per heavy atom. The van der Waals surface area contributed by atoms with Gasteiger partial charge in [-0.3, -0.25) is 0 Å². The summed E-state index contributed by atoms with van der Waals surface area (Å²) >= 11 is -0.570. The molecule has 1 unspecified atom stereocenters. The Hall–Kier alpha value is -0.0969. The molecule has 1 aromatic rings. The maximum atomic E-state index is 2.50. The van der Waals surface area contributed by atoms with Crippen LogP contribution in [0, 0.1) is 6.92 Å². The second-order valence-corrected chi connectivity index (χ2v) is 9.58. The van der Waals surface area contributed by atoms with Crippen molar-refractivity contribution in [1.82, 2.24) is 0 Å². The van der Waals surface area contributed by atoms with Crippen molar-refractivity contribution < 1.29 is 23.2 Å². The third-order valence-corrected chi connectivity index (χ3v) is 8.69. The van der Waals surface area contributed by atoms with Crippen LogP contribution in [-0.2, 0) is 26.4 Å². The first-order chi connectivity index (χ1) is 8.73. The molecule has 0 bridgehead atoms. The summed E-state index contributed by atoms with van der Waals surface area (Å²) in [7, 11) is 0. The molecule has 3 rings (SSSR count). The topological polar surface area (TPSA) is 0 Å². The van der Waals surface area contributed by atoms with Gasteiger partial charge in [-0.2, -0.15) is 0 Å². The third kappa shape index (κ3) is 3.21. The minimum absolute atomic E-state index is 0. The smallest absolute Gasteiger partial charge is 0.147 e. The summed E-state index contributed by atoms with van der Waals surface area (Å²) in [6, 6.07) is 6.98. The molecular formula is C17H20Cl2Zr. The molecule has 0 fully saturated rings. The Kier molecular flexibility index (Phi) is 6.51. The normalized spacial score (nSPS) is 21.8. The predicted molar refractivity (Wildman–Crippen MR) is 88.5 cm³/mol. The third-order valence-electron chi connectivity index (χ3n) is 3.95. The number of allylic oxidation sites excluding steroid dienone is 5. The van der Waals surface area contributed by atoms with Gasteiger partial charge in [0.1, 0.15) is 0 Å². The van der Waals surface area contributed by atoms with Crippen molar-refractivity contribution in [2.45, 2.75) is 29.8 Å². The second kappa shape index (κ2) is 7.25. The molecule has 0 aliphatic heterocycles. The SMILES string of the molecule is CC[C]1([Zr][C]2=CC=CC2)C=Cc2cc(C)ccc21.Cl.Cl. The molecule has 0 spiro atoms. The van der Waals surface area contributed by atoms with E-state index in [9.17, 15) is 0 Å². The van der Waals surface area contributed by atoms with Crippen molar-refractivity contribution in [3.63, 3.8) is 0 Å². The fourth-order valence-electron chi connectivity index (χ4n) is 2.88. The Morgan fingerprint density at radius 1 is 1.25 bits per heavy atom. The van der Waals surface area contributed by atoms with Gasteiger partial charge < -0.3 is 0 Å². The number of fused-ring (bicyclic) bond motifs is 1. The molecule has 0 amide bonds. The molecule has 1 aromatic carbocycles. The number of benzene rings is 1. The average molecular weight is 386 g/mol. The number of hydrogen-bond acceptors (Lipinski definition) is 0. The van der Waals surface area contributed by atoms with Crippen LogP contribution in [0.5, 0.6) is 0 Å². The van der Waals surface area contributed by atoms with Gasteiger partial charge >= 0.3 is 122 Å². The maximum Gasteiger partial charge on any atom is -0.147 e. The van der Waals surface area contributed by atoms with Crippen LogP contribution in [0.25, 0.3) is 6.08 Å². The van der Waals surface area contributed by atoms with Gasteiger partial charge in [0.2, 0.25) is 0 Å². The summed E-state index contributed by atoms with van der Waals surface area (Å²) in [6.07, 6.45) is 14.2. The van der Waals surface area contributed by atoms with E-state index in [2.05, 4.69) is 62.4 Å². The van der Waals surface area contributed by atoms with E-state index in [0.29, 0.717) is 3.12 Å². The van der Waals surface area contributed by atoms with Crippen molar-refractivity contribution in [3.05, 3.63) is 62.5 Å². The van der Waals surface area contributed by atoms with Crippen LogP contribution in [0.3, 0.4) is 0 Å². The fourth-order valence-corrected chi connectivity index (χ4v) is 7.01. The Balaban J connectivity index is 0.000001000. The molecule has 0 radical (unpaired) electrons. The average Bonchev–Trinajstić information content (AvgIpc) is 2.98.